The molecule has 0 saturated carbocycles. The van der Waals surface area contributed by atoms with E-state index in [0.29, 0.717) is 12.3 Å². The fourth-order valence-electron chi connectivity index (χ4n) is 2.32. The standard InChI is InChI=1S/C12H24O/c1-6-9-11(13)12(7-2,8-3)10(4)5/h6,10-11,13H,1,7-9H2,2-5H3/t11-/m1/s1. The van der Waals surface area contributed by atoms with E-state index in [1.807, 2.05) is 6.08 Å². The van der Waals surface area contributed by atoms with Gasteiger partial charge in [0.05, 0.1) is 6.10 Å². The maximum Gasteiger partial charge on any atom is 0.0632 e. The molecule has 0 spiro atoms. The Kier molecular flexibility index (Phi) is 5.31. The molecular weight excluding hydrogens is 160 g/mol. The minimum atomic E-state index is -0.236. The predicted octanol–water partition coefficient (Wildman–Crippen LogP) is 3.39. The van der Waals surface area contributed by atoms with Crippen molar-refractivity contribution < 1.29 is 5.11 Å². The van der Waals surface area contributed by atoms with Crippen molar-refractivity contribution in [2.75, 3.05) is 0 Å². The van der Waals surface area contributed by atoms with Crippen molar-refractivity contribution in [1.82, 2.24) is 0 Å². The number of aliphatic hydroxyl groups excluding tert-OH is 1. The zero-order chi connectivity index (χ0) is 10.5. The molecule has 13 heavy (non-hydrogen) atoms. The maximum atomic E-state index is 10.1. The van der Waals surface area contributed by atoms with Crippen molar-refractivity contribution >= 4 is 0 Å². The third kappa shape index (κ3) is 2.57. The van der Waals surface area contributed by atoms with Crippen LogP contribution in [0.1, 0.15) is 47.0 Å². The first-order valence-electron chi connectivity index (χ1n) is 5.34. The van der Waals surface area contributed by atoms with Crippen molar-refractivity contribution in [3.05, 3.63) is 12.7 Å². The summed E-state index contributed by atoms with van der Waals surface area (Å²) in [5.74, 6) is 0.525. The van der Waals surface area contributed by atoms with Crippen LogP contribution in [0, 0.1) is 11.3 Å². The molecule has 1 nitrogen and oxygen atoms in total. The second-order valence-corrected chi connectivity index (χ2v) is 4.14. The molecule has 1 N–H and O–H groups in total. The minimum absolute atomic E-state index is 0.0776. The molecule has 0 aromatic carbocycles. The van der Waals surface area contributed by atoms with Crippen LogP contribution in [-0.2, 0) is 0 Å². The van der Waals surface area contributed by atoms with E-state index in [-0.39, 0.29) is 11.5 Å². The molecule has 0 amide bonds. The smallest absolute Gasteiger partial charge is 0.0632 e. The zero-order valence-electron chi connectivity index (χ0n) is 9.51. The second-order valence-electron chi connectivity index (χ2n) is 4.14. The van der Waals surface area contributed by atoms with Crippen molar-refractivity contribution in [3.8, 4) is 0 Å². The van der Waals surface area contributed by atoms with Crippen molar-refractivity contribution in [2.45, 2.75) is 53.1 Å². The molecular formula is C12H24O. The summed E-state index contributed by atoms with van der Waals surface area (Å²) in [6.07, 6.45) is 4.36. The Morgan fingerprint density at radius 2 is 1.77 bits per heavy atom. The number of aliphatic hydroxyl groups is 1. The summed E-state index contributed by atoms with van der Waals surface area (Å²) in [6.45, 7) is 12.4. The van der Waals surface area contributed by atoms with Crippen LogP contribution in [0.15, 0.2) is 12.7 Å². The molecule has 0 aliphatic carbocycles. The van der Waals surface area contributed by atoms with E-state index >= 15 is 0 Å². The van der Waals surface area contributed by atoms with Crippen LogP contribution in [0.3, 0.4) is 0 Å². The first-order valence-corrected chi connectivity index (χ1v) is 5.34. The summed E-state index contributed by atoms with van der Waals surface area (Å²) >= 11 is 0. The molecule has 0 bridgehead atoms. The third-order valence-electron chi connectivity index (χ3n) is 3.52. The fourth-order valence-corrected chi connectivity index (χ4v) is 2.32. The first kappa shape index (κ1) is 12.7. The molecule has 1 heteroatoms. The van der Waals surface area contributed by atoms with Gasteiger partial charge in [-0.05, 0) is 30.6 Å². The minimum Gasteiger partial charge on any atom is -0.392 e. The average molecular weight is 184 g/mol. The highest BCUT2D eigenvalue weighted by Crippen LogP contribution is 2.39. The monoisotopic (exact) mass is 184 g/mol. The Morgan fingerprint density at radius 3 is 2.00 bits per heavy atom. The molecule has 0 fully saturated rings. The SMILES string of the molecule is C=CC[C@@H](O)C(CC)(CC)C(C)C. The topological polar surface area (TPSA) is 20.2 Å². The van der Waals surface area contributed by atoms with Gasteiger partial charge in [-0.1, -0.05) is 33.8 Å². The summed E-state index contributed by atoms with van der Waals surface area (Å²) in [5, 5.41) is 10.1. The summed E-state index contributed by atoms with van der Waals surface area (Å²) in [5.41, 5.74) is 0.0776. The third-order valence-corrected chi connectivity index (χ3v) is 3.52. The van der Waals surface area contributed by atoms with Gasteiger partial charge in [0.1, 0.15) is 0 Å². The quantitative estimate of drug-likeness (QED) is 0.627. The van der Waals surface area contributed by atoms with Crippen LogP contribution in [0.4, 0.5) is 0 Å². The summed E-state index contributed by atoms with van der Waals surface area (Å²) in [6, 6.07) is 0. The fraction of sp³-hybridized carbons (Fsp3) is 0.833. The van der Waals surface area contributed by atoms with Crippen LogP contribution in [0.2, 0.25) is 0 Å². The molecule has 0 aliphatic heterocycles. The number of rotatable bonds is 6. The normalized spacial score (nSPS) is 14.6. The maximum absolute atomic E-state index is 10.1. The molecule has 0 aromatic rings. The molecule has 0 rings (SSSR count). The van der Waals surface area contributed by atoms with Gasteiger partial charge in [0, 0.05) is 0 Å². The van der Waals surface area contributed by atoms with Crippen molar-refractivity contribution in [1.29, 1.82) is 0 Å². The molecule has 1 atom stereocenters. The molecule has 0 aliphatic rings. The molecule has 0 heterocycles. The van der Waals surface area contributed by atoms with Crippen LogP contribution in [0.5, 0.6) is 0 Å². The summed E-state index contributed by atoms with van der Waals surface area (Å²) in [4.78, 5) is 0. The lowest BCUT2D eigenvalue weighted by Gasteiger charge is -2.40. The van der Waals surface area contributed by atoms with Gasteiger partial charge in [0.2, 0.25) is 0 Å². The van der Waals surface area contributed by atoms with Crippen molar-refractivity contribution in [2.24, 2.45) is 11.3 Å². The molecule has 0 unspecified atom stereocenters. The van der Waals surface area contributed by atoms with Crippen LogP contribution in [-0.4, -0.2) is 11.2 Å². The van der Waals surface area contributed by atoms with Gasteiger partial charge in [-0.2, -0.15) is 0 Å². The van der Waals surface area contributed by atoms with Crippen molar-refractivity contribution in [3.63, 3.8) is 0 Å². The zero-order valence-corrected chi connectivity index (χ0v) is 9.51. The van der Waals surface area contributed by atoms with Crippen LogP contribution in [0.25, 0.3) is 0 Å². The Bertz CT molecular complexity index is 145. The summed E-state index contributed by atoms with van der Waals surface area (Å²) in [7, 11) is 0. The van der Waals surface area contributed by atoms with Gasteiger partial charge in [-0.25, -0.2) is 0 Å². The van der Waals surface area contributed by atoms with Crippen LogP contribution >= 0.6 is 0 Å². The van der Waals surface area contributed by atoms with Gasteiger partial charge in [-0.3, -0.25) is 0 Å². The van der Waals surface area contributed by atoms with E-state index in [4.69, 9.17) is 0 Å². The molecule has 0 radical (unpaired) electrons. The van der Waals surface area contributed by atoms with E-state index < -0.39 is 0 Å². The highest BCUT2D eigenvalue weighted by molar-refractivity contribution is 4.90. The van der Waals surface area contributed by atoms with Gasteiger partial charge in [-0.15, -0.1) is 6.58 Å². The van der Waals surface area contributed by atoms with Gasteiger partial charge in [0.15, 0.2) is 0 Å². The molecule has 0 aromatic heterocycles. The average Bonchev–Trinajstić information content (AvgIpc) is 2.07. The Hall–Kier alpha value is -0.300. The van der Waals surface area contributed by atoms with E-state index in [9.17, 15) is 5.11 Å². The van der Waals surface area contributed by atoms with Crippen LogP contribution < -0.4 is 0 Å². The predicted molar refractivity (Wildman–Crippen MR) is 58.7 cm³/mol. The lowest BCUT2D eigenvalue weighted by molar-refractivity contribution is -0.0151. The second kappa shape index (κ2) is 5.43. The largest absolute Gasteiger partial charge is 0.392 e. The molecule has 0 saturated heterocycles. The lowest BCUT2D eigenvalue weighted by Crippen LogP contribution is -2.38. The van der Waals surface area contributed by atoms with Gasteiger partial charge in [0.25, 0.3) is 0 Å². The lowest BCUT2D eigenvalue weighted by atomic mass is 9.68. The molecule has 78 valence electrons. The van der Waals surface area contributed by atoms with Gasteiger partial charge < -0.3 is 5.11 Å². The van der Waals surface area contributed by atoms with E-state index in [0.717, 1.165) is 12.8 Å². The Labute approximate surface area is 82.9 Å². The van der Waals surface area contributed by atoms with E-state index in [1.165, 1.54) is 0 Å². The number of hydrogen-bond donors (Lipinski definition) is 1. The van der Waals surface area contributed by atoms with E-state index in [1.54, 1.807) is 0 Å². The first-order chi connectivity index (χ1) is 6.05. The number of hydrogen-bond acceptors (Lipinski definition) is 1. The van der Waals surface area contributed by atoms with E-state index in [2.05, 4.69) is 34.3 Å². The summed E-state index contributed by atoms with van der Waals surface area (Å²) < 4.78 is 0. The Balaban J connectivity index is 4.63. The highest BCUT2D eigenvalue weighted by atomic mass is 16.3. The highest BCUT2D eigenvalue weighted by Gasteiger charge is 2.36. The Morgan fingerprint density at radius 1 is 1.31 bits per heavy atom. The van der Waals surface area contributed by atoms with Gasteiger partial charge >= 0.3 is 0 Å².